The van der Waals surface area contributed by atoms with Crippen molar-refractivity contribution in [2.24, 2.45) is 0 Å². The summed E-state index contributed by atoms with van der Waals surface area (Å²) in [4.78, 5) is 26.5. The topological polar surface area (TPSA) is 34.1 Å². The van der Waals surface area contributed by atoms with Crippen LogP contribution in [0.5, 0.6) is 0 Å². The number of rotatable bonds is 1. The summed E-state index contributed by atoms with van der Waals surface area (Å²) in [5, 5.41) is 1.76. The molecule has 1 aliphatic carbocycles. The molecule has 0 amide bonds. The Labute approximate surface area is 164 Å². The maximum atomic E-state index is 13.3. The predicted molar refractivity (Wildman–Crippen MR) is 110 cm³/mol. The van der Waals surface area contributed by atoms with Crippen LogP contribution in [0.3, 0.4) is 0 Å². The van der Waals surface area contributed by atoms with Crippen molar-refractivity contribution in [3.8, 4) is 11.1 Å². The standard InChI is InChI=1S/C24H13BrO2/c25-15-10-11-16-19(14-6-2-1-3-7-14)13-21-22(20(16)12-15)24(27)18-9-5-4-8-17(18)23(21)26/h1-13H. The van der Waals surface area contributed by atoms with E-state index >= 15 is 0 Å². The molecule has 3 heteroatoms. The third-order valence-corrected chi connectivity index (χ3v) is 5.57. The minimum Gasteiger partial charge on any atom is -0.289 e. The number of ketones is 2. The monoisotopic (exact) mass is 412 g/mol. The van der Waals surface area contributed by atoms with Crippen molar-refractivity contribution >= 4 is 38.3 Å². The summed E-state index contributed by atoms with van der Waals surface area (Å²) in [5.41, 5.74) is 3.90. The molecule has 0 atom stereocenters. The summed E-state index contributed by atoms with van der Waals surface area (Å²) in [7, 11) is 0. The van der Waals surface area contributed by atoms with Crippen LogP contribution in [0.1, 0.15) is 31.8 Å². The SMILES string of the molecule is O=C1c2ccccc2C(=O)c2c1cc(-c1ccccc1)c1ccc(Br)cc21. The van der Waals surface area contributed by atoms with Crippen LogP contribution in [0, 0.1) is 0 Å². The van der Waals surface area contributed by atoms with E-state index in [1.165, 1.54) is 0 Å². The largest absolute Gasteiger partial charge is 0.289 e. The van der Waals surface area contributed by atoms with Gasteiger partial charge in [-0.05, 0) is 40.1 Å². The number of carbonyl (C=O) groups excluding carboxylic acids is 2. The molecule has 4 aromatic carbocycles. The Bertz CT molecular complexity index is 1260. The third kappa shape index (κ3) is 2.39. The first-order chi connectivity index (χ1) is 13.1. The molecule has 27 heavy (non-hydrogen) atoms. The summed E-state index contributed by atoms with van der Waals surface area (Å²) in [6, 6.07) is 24.8. The molecule has 0 aromatic heterocycles. The molecule has 0 bridgehead atoms. The molecule has 0 aliphatic heterocycles. The average Bonchev–Trinajstić information content (AvgIpc) is 2.71. The molecule has 0 saturated heterocycles. The van der Waals surface area contributed by atoms with E-state index in [-0.39, 0.29) is 11.6 Å². The fourth-order valence-corrected chi connectivity index (χ4v) is 4.20. The highest BCUT2D eigenvalue weighted by Gasteiger charge is 2.32. The first-order valence-electron chi connectivity index (χ1n) is 8.65. The van der Waals surface area contributed by atoms with Gasteiger partial charge in [0.1, 0.15) is 0 Å². The minimum atomic E-state index is -0.0979. The molecule has 4 aromatic rings. The maximum absolute atomic E-state index is 13.3. The van der Waals surface area contributed by atoms with Crippen molar-refractivity contribution in [3.05, 3.63) is 106 Å². The van der Waals surface area contributed by atoms with Crippen LogP contribution in [0.2, 0.25) is 0 Å². The van der Waals surface area contributed by atoms with Gasteiger partial charge < -0.3 is 0 Å². The van der Waals surface area contributed by atoms with Crippen molar-refractivity contribution in [1.29, 1.82) is 0 Å². The zero-order valence-corrected chi connectivity index (χ0v) is 15.8. The Kier molecular flexibility index (Phi) is 3.59. The van der Waals surface area contributed by atoms with Gasteiger partial charge in [-0.25, -0.2) is 0 Å². The Morgan fingerprint density at radius 3 is 1.96 bits per heavy atom. The Morgan fingerprint density at radius 1 is 0.556 bits per heavy atom. The molecular weight excluding hydrogens is 400 g/mol. The van der Waals surface area contributed by atoms with Gasteiger partial charge in [0, 0.05) is 26.7 Å². The van der Waals surface area contributed by atoms with Crippen molar-refractivity contribution in [2.75, 3.05) is 0 Å². The van der Waals surface area contributed by atoms with Gasteiger partial charge in [0.15, 0.2) is 11.6 Å². The van der Waals surface area contributed by atoms with E-state index in [1.54, 1.807) is 24.3 Å². The second-order valence-electron chi connectivity index (χ2n) is 6.61. The molecule has 0 radical (unpaired) electrons. The highest BCUT2D eigenvalue weighted by molar-refractivity contribution is 9.10. The van der Waals surface area contributed by atoms with E-state index < -0.39 is 0 Å². The molecule has 128 valence electrons. The molecule has 5 rings (SSSR count). The van der Waals surface area contributed by atoms with Crippen molar-refractivity contribution in [1.82, 2.24) is 0 Å². The Morgan fingerprint density at radius 2 is 1.22 bits per heavy atom. The average molecular weight is 413 g/mol. The van der Waals surface area contributed by atoms with E-state index in [4.69, 9.17) is 0 Å². The van der Waals surface area contributed by atoms with Gasteiger partial charge in [-0.3, -0.25) is 9.59 Å². The van der Waals surface area contributed by atoms with Crippen molar-refractivity contribution in [3.63, 3.8) is 0 Å². The van der Waals surface area contributed by atoms with E-state index in [9.17, 15) is 9.59 Å². The van der Waals surface area contributed by atoms with Crippen LogP contribution in [0.15, 0.2) is 83.3 Å². The smallest absolute Gasteiger partial charge is 0.195 e. The molecule has 1 aliphatic rings. The van der Waals surface area contributed by atoms with Gasteiger partial charge >= 0.3 is 0 Å². The van der Waals surface area contributed by atoms with E-state index in [0.717, 1.165) is 26.4 Å². The van der Waals surface area contributed by atoms with Gasteiger partial charge in [0.2, 0.25) is 0 Å². The molecule has 2 nitrogen and oxygen atoms in total. The number of hydrogen-bond acceptors (Lipinski definition) is 2. The second-order valence-corrected chi connectivity index (χ2v) is 7.52. The number of hydrogen-bond donors (Lipinski definition) is 0. The van der Waals surface area contributed by atoms with Gasteiger partial charge in [-0.15, -0.1) is 0 Å². The molecule has 0 spiro atoms. The first kappa shape index (κ1) is 16.2. The lowest BCUT2D eigenvalue weighted by Gasteiger charge is -2.21. The van der Waals surface area contributed by atoms with Gasteiger partial charge in [0.05, 0.1) is 0 Å². The molecule has 0 heterocycles. The van der Waals surface area contributed by atoms with Gasteiger partial charge in [-0.2, -0.15) is 0 Å². The quantitative estimate of drug-likeness (QED) is 0.336. The minimum absolute atomic E-state index is 0.0945. The number of carbonyl (C=O) groups is 2. The van der Waals surface area contributed by atoms with Crippen LogP contribution in [0.4, 0.5) is 0 Å². The van der Waals surface area contributed by atoms with Crippen LogP contribution in [-0.2, 0) is 0 Å². The van der Waals surface area contributed by atoms with Crippen LogP contribution in [0.25, 0.3) is 21.9 Å². The van der Waals surface area contributed by atoms with Crippen LogP contribution >= 0.6 is 15.9 Å². The second kappa shape index (κ2) is 6.00. The predicted octanol–water partition coefficient (Wildman–Crippen LogP) is 6.04. The third-order valence-electron chi connectivity index (χ3n) is 5.07. The summed E-state index contributed by atoms with van der Waals surface area (Å²) in [6.45, 7) is 0. The zero-order valence-electron chi connectivity index (χ0n) is 14.2. The summed E-state index contributed by atoms with van der Waals surface area (Å²) in [5.74, 6) is -0.192. The fraction of sp³-hybridized carbons (Fsp3) is 0. The Hall–Kier alpha value is -3.04. The molecule has 0 fully saturated rings. The summed E-state index contributed by atoms with van der Waals surface area (Å²) >= 11 is 3.51. The molecule has 0 N–H and O–H groups in total. The van der Waals surface area contributed by atoms with Crippen molar-refractivity contribution < 1.29 is 9.59 Å². The highest BCUT2D eigenvalue weighted by Crippen LogP contribution is 2.39. The number of halogens is 1. The molecule has 0 unspecified atom stereocenters. The van der Waals surface area contributed by atoms with Crippen molar-refractivity contribution in [2.45, 2.75) is 0 Å². The maximum Gasteiger partial charge on any atom is 0.195 e. The first-order valence-corrected chi connectivity index (χ1v) is 9.44. The van der Waals surface area contributed by atoms with Crippen LogP contribution < -0.4 is 0 Å². The number of fused-ring (bicyclic) bond motifs is 4. The fourth-order valence-electron chi connectivity index (χ4n) is 3.84. The number of benzene rings is 4. The zero-order chi connectivity index (χ0) is 18.5. The molecule has 0 saturated carbocycles. The van der Waals surface area contributed by atoms with E-state index in [0.29, 0.717) is 22.3 Å². The summed E-state index contributed by atoms with van der Waals surface area (Å²) in [6.07, 6.45) is 0. The Balaban J connectivity index is 1.92. The highest BCUT2D eigenvalue weighted by atomic mass is 79.9. The normalized spacial score (nSPS) is 12.8. The van der Waals surface area contributed by atoms with Crippen LogP contribution in [-0.4, -0.2) is 11.6 Å². The lowest BCUT2D eigenvalue weighted by atomic mass is 9.79. The summed E-state index contributed by atoms with van der Waals surface area (Å²) < 4.78 is 0.876. The molecular formula is C24H13BrO2. The lowest BCUT2D eigenvalue weighted by Crippen LogP contribution is -2.21. The van der Waals surface area contributed by atoms with E-state index in [1.807, 2.05) is 54.6 Å². The van der Waals surface area contributed by atoms with Gasteiger partial charge in [-0.1, -0.05) is 76.6 Å². The van der Waals surface area contributed by atoms with Gasteiger partial charge in [0.25, 0.3) is 0 Å². The van der Waals surface area contributed by atoms with E-state index in [2.05, 4.69) is 15.9 Å². The lowest BCUT2D eigenvalue weighted by molar-refractivity contribution is 0.0980.